The Morgan fingerprint density at radius 1 is 1.25 bits per heavy atom. The fraction of sp³-hybridized carbons (Fsp3) is 0.684. The summed E-state index contributed by atoms with van der Waals surface area (Å²) in [5.41, 5.74) is 0.761. The Hall–Kier alpha value is -1.62. The molecule has 0 saturated heterocycles. The predicted octanol–water partition coefficient (Wildman–Crippen LogP) is 4.49. The van der Waals surface area contributed by atoms with Gasteiger partial charge in [-0.2, -0.15) is 0 Å². The van der Waals surface area contributed by atoms with E-state index in [1.807, 2.05) is 33.8 Å². The summed E-state index contributed by atoms with van der Waals surface area (Å²) in [6.45, 7) is 11.1. The molecule has 24 heavy (non-hydrogen) atoms. The number of nitrogens with one attached hydrogen (secondary N) is 1. The summed E-state index contributed by atoms with van der Waals surface area (Å²) >= 11 is 0. The van der Waals surface area contributed by atoms with E-state index in [1.54, 1.807) is 6.20 Å². The highest BCUT2D eigenvalue weighted by Crippen LogP contribution is 2.24. The summed E-state index contributed by atoms with van der Waals surface area (Å²) in [7, 11) is 0. The molecule has 136 valence electrons. The Morgan fingerprint density at radius 3 is 2.58 bits per heavy atom. The zero-order valence-electron chi connectivity index (χ0n) is 15.8. The minimum Gasteiger partial charge on any atom is -0.478 e. The second-order valence-corrected chi connectivity index (χ2v) is 6.27. The molecule has 0 aliphatic rings. The van der Waals surface area contributed by atoms with E-state index < -0.39 is 5.60 Å². The number of hydrogen-bond donors (Lipinski definition) is 1. The van der Waals surface area contributed by atoms with Gasteiger partial charge in [-0.3, -0.25) is 4.79 Å². The highest BCUT2D eigenvalue weighted by atomic mass is 16.5. The van der Waals surface area contributed by atoms with E-state index in [9.17, 15) is 4.79 Å². The van der Waals surface area contributed by atoms with Gasteiger partial charge in [0, 0.05) is 12.2 Å². The molecular weight excluding hydrogens is 304 g/mol. The van der Waals surface area contributed by atoms with Crippen molar-refractivity contribution in [3.8, 4) is 5.88 Å². The topological polar surface area (TPSA) is 60.5 Å². The molecule has 0 aliphatic heterocycles. The smallest absolute Gasteiger partial charge is 0.256 e. The van der Waals surface area contributed by atoms with Crippen LogP contribution in [0.5, 0.6) is 5.88 Å². The lowest BCUT2D eigenvalue weighted by molar-refractivity contribution is -0.140. The molecule has 0 unspecified atom stereocenters. The van der Waals surface area contributed by atoms with Crippen LogP contribution in [0.4, 0.5) is 5.69 Å². The third kappa shape index (κ3) is 6.11. The fourth-order valence-corrected chi connectivity index (χ4v) is 2.47. The highest BCUT2D eigenvalue weighted by Gasteiger charge is 2.33. The summed E-state index contributed by atoms with van der Waals surface area (Å²) < 4.78 is 11.3. The molecule has 1 aromatic heterocycles. The summed E-state index contributed by atoms with van der Waals surface area (Å²) in [4.78, 5) is 17.0. The van der Waals surface area contributed by atoms with Gasteiger partial charge in [-0.05, 0) is 39.7 Å². The Morgan fingerprint density at radius 2 is 2.00 bits per heavy atom. The number of rotatable bonds is 11. The number of nitrogens with zero attached hydrogens (tertiary/aromatic N) is 1. The minimum atomic E-state index is -0.808. The first-order valence-electron chi connectivity index (χ1n) is 9.01. The highest BCUT2D eigenvalue weighted by molar-refractivity contribution is 5.97. The SMILES string of the molecule is CCCCC[C@@](C)(OCCC)C(=O)Nc1cnc(OCC)c(C)c1. The maximum Gasteiger partial charge on any atom is 0.256 e. The van der Waals surface area contributed by atoms with Crippen LogP contribution in [-0.2, 0) is 9.53 Å². The van der Waals surface area contributed by atoms with Crippen LogP contribution in [0.1, 0.15) is 65.4 Å². The maximum atomic E-state index is 12.8. The number of carbonyl (C=O) groups excluding carboxylic acids is 1. The molecule has 0 spiro atoms. The lowest BCUT2D eigenvalue weighted by Gasteiger charge is -2.28. The minimum absolute atomic E-state index is 0.114. The van der Waals surface area contributed by atoms with E-state index in [-0.39, 0.29) is 5.91 Å². The van der Waals surface area contributed by atoms with Crippen molar-refractivity contribution < 1.29 is 14.3 Å². The summed E-state index contributed by atoms with van der Waals surface area (Å²) in [6.07, 6.45) is 6.43. The fourth-order valence-electron chi connectivity index (χ4n) is 2.47. The number of unbranched alkanes of at least 4 members (excludes halogenated alkanes) is 2. The second-order valence-electron chi connectivity index (χ2n) is 6.27. The van der Waals surface area contributed by atoms with Gasteiger partial charge in [0.25, 0.3) is 5.91 Å². The van der Waals surface area contributed by atoms with Crippen molar-refractivity contribution in [3.63, 3.8) is 0 Å². The van der Waals surface area contributed by atoms with E-state index in [4.69, 9.17) is 9.47 Å². The van der Waals surface area contributed by atoms with E-state index in [0.717, 1.165) is 37.7 Å². The maximum absolute atomic E-state index is 12.8. The molecule has 5 heteroatoms. The number of carbonyl (C=O) groups is 1. The molecular formula is C19H32N2O3. The number of ether oxygens (including phenoxy) is 2. The van der Waals surface area contributed by atoms with Crippen LogP contribution in [0.3, 0.4) is 0 Å². The first-order chi connectivity index (χ1) is 11.5. The normalized spacial score (nSPS) is 13.4. The van der Waals surface area contributed by atoms with Gasteiger partial charge in [-0.1, -0.05) is 33.1 Å². The van der Waals surface area contributed by atoms with Crippen LogP contribution < -0.4 is 10.1 Å². The Kier molecular flexibility index (Phi) is 8.76. The van der Waals surface area contributed by atoms with Crippen LogP contribution in [-0.4, -0.2) is 29.7 Å². The van der Waals surface area contributed by atoms with Gasteiger partial charge >= 0.3 is 0 Å². The average molecular weight is 336 g/mol. The predicted molar refractivity (Wildman–Crippen MR) is 97.6 cm³/mol. The lowest BCUT2D eigenvalue weighted by atomic mass is 9.96. The van der Waals surface area contributed by atoms with Gasteiger partial charge in [0.2, 0.25) is 5.88 Å². The molecule has 5 nitrogen and oxygen atoms in total. The van der Waals surface area contributed by atoms with E-state index in [0.29, 0.717) is 24.8 Å². The number of aromatic nitrogens is 1. The Balaban J connectivity index is 2.80. The van der Waals surface area contributed by atoms with E-state index >= 15 is 0 Å². The molecule has 1 aromatic rings. The van der Waals surface area contributed by atoms with Gasteiger partial charge < -0.3 is 14.8 Å². The first-order valence-corrected chi connectivity index (χ1v) is 9.01. The number of anilines is 1. The average Bonchev–Trinajstić information content (AvgIpc) is 2.56. The van der Waals surface area contributed by atoms with Crippen molar-refractivity contribution >= 4 is 11.6 Å². The molecule has 0 bridgehead atoms. The second kappa shape index (κ2) is 10.3. The number of hydrogen-bond acceptors (Lipinski definition) is 4. The molecule has 0 aliphatic carbocycles. The van der Waals surface area contributed by atoms with Crippen molar-refractivity contribution in [2.24, 2.45) is 0 Å². The standard InChI is InChI=1S/C19H32N2O3/c1-6-9-10-11-19(5,24-12-7-2)18(22)21-16-13-15(4)17(20-14-16)23-8-3/h13-14H,6-12H2,1-5H3,(H,21,22)/t19-/m1/s1. The number of pyridine rings is 1. The van der Waals surface area contributed by atoms with Gasteiger partial charge in [0.05, 0.1) is 18.5 Å². The zero-order chi connectivity index (χ0) is 18.0. The van der Waals surface area contributed by atoms with Crippen molar-refractivity contribution in [2.75, 3.05) is 18.5 Å². The van der Waals surface area contributed by atoms with Crippen LogP contribution in [0.25, 0.3) is 0 Å². The van der Waals surface area contributed by atoms with Crippen molar-refractivity contribution in [3.05, 3.63) is 17.8 Å². The molecule has 0 aromatic carbocycles. The molecule has 1 atom stereocenters. The Labute approximate surface area is 146 Å². The van der Waals surface area contributed by atoms with Crippen LogP contribution in [0, 0.1) is 6.92 Å². The number of amides is 1. The quantitative estimate of drug-likeness (QED) is 0.605. The first kappa shape index (κ1) is 20.4. The summed E-state index contributed by atoms with van der Waals surface area (Å²) in [6, 6.07) is 1.88. The third-order valence-electron chi connectivity index (χ3n) is 3.93. The largest absolute Gasteiger partial charge is 0.478 e. The van der Waals surface area contributed by atoms with Gasteiger partial charge in [0.15, 0.2) is 0 Å². The molecule has 0 fully saturated rings. The van der Waals surface area contributed by atoms with Crippen LogP contribution in [0.2, 0.25) is 0 Å². The van der Waals surface area contributed by atoms with Crippen molar-refractivity contribution in [1.29, 1.82) is 0 Å². The lowest BCUT2D eigenvalue weighted by Crippen LogP contribution is -2.43. The van der Waals surface area contributed by atoms with E-state index in [2.05, 4.69) is 17.2 Å². The number of aryl methyl sites for hydroxylation is 1. The van der Waals surface area contributed by atoms with E-state index in [1.165, 1.54) is 0 Å². The van der Waals surface area contributed by atoms with Crippen molar-refractivity contribution in [2.45, 2.75) is 72.3 Å². The molecule has 1 N–H and O–H groups in total. The molecule has 1 amide bonds. The molecule has 1 heterocycles. The van der Waals surface area contributed by atoms with Gasteiger partial charge in [-0.25, -0.2) is 4.98 Å². The van der Waals surface area contributed by atoms with Crippen molar-refractivity contribution in [1.82, 2.24) is 4.98 Å². The molecule has 0 radical (unpaired) electrons. The summed E-state index contributed by atoms with van der Waals surface area (Å²) in [5, 5.41) is 2.95. The zero-order valence-corrected chi connectivity index (χ0v) is 15.8. The Bertz CT molecular complexity index is 519. The monoisotopic (exact) mass is 336 g/mol. The van der Waals surface area contributed by atoms with Crippen LogP contribution >= 0.6 is 0 Å². The van der Waals surface area contributed by atoms with Crippen LogP contribution in [0.15, 0.2) is 12.3 Å². The molecule has 0 saturated carbocycles. The molecule has 1 rings (SSSR count). The van der Waals surface area contributed by atoms with Gasteiger partial charge in [0.1, 0.15) is 5.60 Å². The summed E-state index contributed by atoms with van der Waals surface area (Å²) in [5.74, 6) is 0.487. The van der Waals surface area contributed by atoms with Gasteiger partial charge in [-0.15, -0.1) is 0 Å². The third-order valence-corrected chi connectivity index (χ3v) is 3.93.